The van der Waals surface area contributed by atoms with Crippen LogP contribution in [0, 0.1) is 0 Å². The van der Waals surface area contributed by atoms with Crippen molar-refractivity contribution in [1.29, 1.82) is 0 Å². The molecule has 0 saturated carbocycles. The largest absolute Gasteiger partial charge is 0.494 e. The molecule has 0 radical (unpaired) electrons. The second-order valence-electron chi connectivity index (χ2n) is 5.45. The van der Waals surface area contributed by atoms with Crippen LogP contribution in [0.3, 0.4) is 0 Å². The number of nitrogens with zero attached hydrogens (tertiary/aromatic N) is 1. The number of hydrogen-bond acceptors (Lipinski definition) is 5. The third kappa shape index (κ3) is 4.39. The molecular formula is C19H17ClN2O3S. The molecule has 3 rings (SSSR count). The van der Waals surface area contributed by atoms with Gasteiger partial charge in [-0.2, -0.15) is 0 Å². The van der Waals surface area contributed by atoms with Gasteiger partial charge in [-0.1, -0.05) is 23.7 Å². The molecule has 5 nitrogen and oxygen atoms in total. The Morgan fingerprint density at radius 2 is 1.81 bits per heavy atom. The summed E-state index contributed by atoms with van der Waals surface area (Å²) in [7, 11) is 0. The Hall–Kier alpha value is -2.44. The highest BCUT2D eigenvalue weighted by Gasteiger charge is 2.34. The number of nitrogens with one attached hydrogen (secondary N) is 1. The molecule has 2 aromatic rings. The zero-order chi connectivity index (χ0) is 18.5. The van der Waals surface area contributed by atoms with Crippen LogP contribution >= 0.6 is 23.4 Å². The van der Waals surface area contributed by atoms with Crippen molar-refractivity contribution in [2.75, 3.05) is 18.6 Å². The molecular weight excluding hydrogens is 372 g/mol. The number of benzene rings is 2. The van der Waals surface area contributed by atoms with Gasteiger partial charge < -0.3 is 10.1 Å². The summed E-state index contributed by atoms with van der Waals surface area (Å²) in [5.74, 6) is 0.459. The summed E-state index contributed by atoms with van der Waals surface area (Å²) < 4.78 is 5.40. The van der Waals surface area contributed by atoms with E-state index >= 15 is 0 Å². The van der Waals surface area contributed by atoms with Crippen molar-refractivity contribution in [3.63, 3.8) is 0 Å². The molecule has 1 aliphatic rings. The zero-order valence-electron chi connectivity index (χ0n) is 14.1. The smallest absolute Gasteiger partial charge is 0.295 e. The molecule has 0 atom stereocenters. The van der Waals surface area contributed by atoms with Gasteiger partial charge in [-0.3, -0.25) is 14.5 Å². The maximum atomic E-state index is 12.5. The van der Waals surface area contributed by atoms with E-state index in [0.29, 0.717) is 16.5 Å². The van der Waals surface area contributed by atoms with Gasteiger partial charge in [0, 0.05) is 10.7 Å². The average Bonchev–Trinajstić information content (AvgIpc) is 2.90. The minimum absolute atomic E-state index is 0.104. The van der Waals surface area contributed by atoms with Gasteiger partial charge in [0.25, 0.3) is 11.1 Å². The molecule has 0 unspecified atom stereocenters. The zero-order valence-corrected chi connectivity index (χ0v) is 15.6. The van der Waals surface area contributed by atoms with Crippen molar-refractivity contribution in [3.05, 3.63) is 64.0 Å². The highest BCUT2D eigenvalue weighted by molar-refractivity contribution is 8.18. The molecule has 0 aliphatic carbocycles. The molecule has 1 aliphatic heterocycles. The predicted molar refractivity (Wildman–Crippen MR) is 105 cm³/mol. The molecule has 7 heteroatoms. The summed E-state index contributed by atoms with van der Waals surface area (Å²) in [5, 5.41) is 3.38. The molecule has 0 aromatic heterocycles. The summed E-state index contributed by atoms with van der Waals surface area (Å²) in [4.78, 5) is 26.2. The van der Waals surface area contributed by atoms with Crippen LogP contribution in [0.4, 0.5) is 10.5 Å². The molecule has 1 saturated heterocycles. The lowest BCUT2D eigenvalue weighted by Gasteiger charge is -2.14. The summed E-state index contributed by atoms with van der Waals surface area (Å²) >= 11 is 6.78. The van der Waals surface area contributed by atoms with Crippen LogP contribution in [0.2, 0.25) is 5.02 Å². The standard InChI is InChI=1S/C19H17ClN2O3S/c1-2-25-16-9-3-13(4-10-16)11-17-18(23)22(19(24)26-17)12-21-15-7-5-14(20)6-8-15/h3-11,21H,2,12H2,1H3/b17-11+. The van der Waals surface area contributed by atoms with E-state index in [4.69, 9.17) is 16.3 Å². The third-order valence-corrected chi connectivity index (χ3v) is 4.81. The maximum Gasteiger partial charge on any atom is 0.295 e. The summed E-state index contributed by atoms with van der Waals surface area (Å²) in [6.45, 7) is 2.62. The van der Waals surface area contributed by atoms with Gasteiger partial charge in [0.15, 0.2) is 0 Å². The van der Waals surface area contributed by atoms with Gasteiger partial charge in [-0.25, -0.2) is 0 Å². The van der Waals surface area contributed by atoms with Crippen molar-refractivity contribution in [3.8, 4) is 5.75 Å². The number of amides is 2. The molecule has 1 heterocycles. The number of imide groups is 1. The fourth-order valence-electron chi connectivity index (χ4n) is 2.35. The van der Waals surface area contributed by atoms with Crippen molar-refractivity contribution >= 4 is 46.3 Å². The molecule has 2 aromatic carbocycles. The molecule has 1 N–H and O–H groups in total. The second-order valence-corrected chi connectivity index (χ2v) is 6.88. The Bertz CT molecular complexity index is 835. The quantitative estimate of drug-likeness (QED) is 0.717. The van der Waals surface area contributed by atoms with Crippen molar-refractivity contribution in [1.82, 2.24) is 4.90 Å². The maximum absolute atomic E-state index is 12.5. The summed E-state index contributed by atoms with van der Waals surface area (Å²) in [6, 6.07) is 14.4. The monoisotopic (exact) mass is 388 g/mol. The fourth-order valence-corrected chi connectivity index (χ4v) is 3.32. The summed E-state index contributed by atoms with van der Waals surface area (Å²) in [6.07, 6.45) is 1.71. The van der Waals surface area contributed by atoms with Crippen LogP contribution in [0.15, 0.2) is 53.4 Å². The number of ether oxygens (including phenoxy) is 1. The number of carbonyl (C=O) groups is 2. The van der Waals surface area contributed by atoms with Crippen molar-refractivity contribution in [2.24, 2.45) is 0 Å². The third-order valence-electron chi connectivity index (χ3n) is 3.65. The predicted octanol–water partition coefficient (Wildman–Crippen LogP) is 4.84. The van der Waals surface area contributed by atoms with Crippen LogP contribution in [-0.2, 0) is 4.79 Å². The van der Waals surface area contributed by atoms with E-state index in [1.54, 1.807) is 30.3 Å². The highest BCUT2D eigenvalue weighted by Crippen LogP contribution is 2.32. The lowest BCUT2D eigenvalue weighted by atomic mass is 10.2. The van der Waals surface area contributed by atoms with E-state index in [-0.39, 0.29) is 17.8 Å². The lowest BCUT2D eigenvalue weighted by molar-refractivity contribution is -0.122. The molecule has 26 heavy (non-hydrogen) atoms. The molecule has 134 valence electrons. The normalized spacial score (nSPS) is 15.6. The summed E-state index contributed by atoms with van der Waals surface area (Å²) in [5.41, 5.74) is 1.62. The number of thioether (sulfide) groups is 1. The van der Waals surface area contributed by atoms with E-state index in [2.05, 4.69) is 5.32 Å². The molecule has 2 amide bonds. The average molecular weight is 389 g/mol. The minimum Gasteiger partial charge on any atom is -0.494 e. The highest BCUT2D eigenvalue weighted by atomic mass is 35.5. The first-order chi connectivity index (χ1) is 12.6. The van der Waals surface area contributed by atoms with E-state index in [9.17, 15) is 9.59 Å². The first-order valence-corrected chi connectivity index (χ1v) is 9.24. The Kier molecular flexibility index (Phi) is 5.85. The van der Waals surface area contributed by atoms with Crippen molar-refractivity contribution in [2.45, 2.75) is 6.92 Å². The Labute approximate surface area is 161 Å². The molecule has 0 spiro atoms. The number of carbonyl (C=O) groups excluding carboxylic acids is 2. The van der Waals surface area contributed by atoms with Gasteiger partial charge in [0.2, 0.25) is 0 Å². The van der Waals surface area contributed by atoms with Gasteiger partial charge in [0.1, 0.15) is 5.75 Å². The topological polar surface area (TPSA) is 58.6 Å². The number of hydrogen-bond donors (Lipinski definition) is 1. The van der Waals surface area contributed by atoms with E-state index in [1.165, 1.54) is 4.90 Å². The minimum atomic E-state index is -0.310. The number of rotatable bonds is 6. The Morgan fingerprint density at radius 3 is 2.46 bits per heavy atom. The number of halogens is 1. The van der Waals surface area contributed by atoms with Gasteiger partial charge >= 0.3 is 0 Å². The fraction of sp³-hybridized carbons (Fsp3) is 0.158. The van der Waals surface area contributed by atoms with E-state index in [1.807, 2.05) is 31.2 Å². The van der Waals surface area contributed by atoms with Crippen LogP contribution in [0.1, 0.15) is 12.5 Å². The number of anilines is 1. The SMILES string of the molecule is CCOc1ccc(/C=C2/SC(=O)N(CNc3ccc(Cl)cc3)C2=O)cc1. The molecule has 0 bridgehead atoms. The van der Waals surface area contributed by atoms with Gasteiger partial charge in [-0.15, -0.1) is 0 Å². The van der Waals surface area contributed by atoms with Crippen LogP contribution in [0.25, 0.3) is 6.08 Å². The van der Waals surface area contributed by atoms with Crippen LogP contribution in [-0.4, -0.2) is 29.3 Å². The van der Waals surface area contributed by atoms with Crippen LogP contribution < -0.4 is 10.1 Å². The van der Waals surface area contributed by atoms with Gasteiger partial charge in [0.05, 0.1) is 18.2 Å². The Morgan fingerprint density at radius 1 is 1.12 bits per heavy atom. The lowest BCUT2D eigenvalue weighted by Crippen LogP contribution is -2.33. The van der Waals surface area contributed by atoms with E-state index < -0.39 is 0 Å². The first kappa shape index (κ1) is 18.4. The molecule has 1 fully saturated rings. The van der Waals surface area contributed by atoms with E-state index in [0.717, 1.165) is 28.8 Å². The van der Waals surface area contributed by atoms with Gasteiger partial charge in [-0.05, 0) is 66.7 Å². The first-order valence-electron chi connectivity index (χ1n) is 8.04. The Balaban J connectivity index is 1.66. The van der Waals surface area contributed by atoms with Crippen LogP contribution in [0.5, 0.6) is 5.75 Å². The van der Waals surface area contributed by atoms with Crippen molar-refractivity contribution < 1.29 is 14.3 Å². The second kappa shape index (κ2) is 8.29.